The van der Waals surface area contributed by atoms with E-state index in [1.54, 1.807) is 19.2 Å². The van der Waals surface area contributed by atoms with Gasteiger partial charge in [0.25, 0.3) is 0 Å². The van der Waals surface area contributed by atoms with Crippen LogP contribution in [0.2, 0.25) is 5.02 Å². The van der Waals surface area contributed by atoms with E-state index in [2.05, 4.69) is 11.4 Å². The maximum Gasteiger partial charge on any atom is 0.234 e. The molecule has 1 aromatic heterocycles. The Balaban J connectivity index is 1.71. The number of pyridine rings is 1. The highest BCUT2D eigenvalue weighted by Gasteiger charge is 2.17. The molecular formula is C27H20ClN3O2S. The number of aromatic nitrogens is 1. The summed E-state index contributed by atoms with van der Waals surface area (Å²) in [5.74, 6) is 0.676. The summed E-state index contributed by atoms with van der Waals surface area (Å²) in [6.45, 7) is 0. The second-order valence-electron chi connectivity index (χ2n) is 7.29. The molecule has 0 saturated heterocycles. The number of nitriles is 1. The fourth-order valence-corrected chi connectivity index (χ4v) is 4.28. The molecule has 0 aliphatic heterocycles. The number of nitrogens with zero attached hydrogens (tertiary/aromatic N) is 2. The molecule has 1 amide bonds. The van der Waals surface area contributed by atoms with Crippen LogP contribution in [0.5, 0.6) is 5.75 Å². The first-order chi connectivity index (χ1) is 16.6. The summed E-state index contributed by atoms with van der Waals surface area (Å²) in [5, 5.41) is 14.0. The van der Waals surface area contributed by atoms with Crippen LogP contribution in [0.1, 0.15) is 5.56 Å². The lowest BCUT2D eigenvalue weighted by atomic mass is 9.99. The molecule has 0 spiro atoms. The predicted octanol–water partition coefficient (Wildman–Crippen LogP) is 6.68. The van der Waals surface area contributed by atoms with E-state index >= 15 is 0 Å². The first kappa shape index (κ1) is 23.4. The van der Waals surface area contributed by atoms with Gasteiger partial charge in [-0.2, -0.15) is 5.26 Å². The third-order valence-corrected chi connectivity index (χ3v) is 6.26. The molecule has 1 heterocycles. The van der Waals surface area contributed by atoms with Crippen LogP contribution in [0, 0.1) is 11.3 Å². The van der Waals surface area contributed by atoms with E-state index in [-0.39, 0.29) is 11.7 Å². The predicted molar refractivity (Wildman–Crippen MR) is 137 cm³/mol. The molecule has 0 radical (unpaired) electrons. The lowest BCUT2D eigenvalue weighted by Gasteiger charge is -2.13. The van der Waals surface area contributed by atoms with Crippen molar-refractivity contribution >= 4 is 35.0 Å². The highest BCUT2D eigenvalue weighted by Crippen LogP contribution is 2.35. The van der Waals surface area contributed by atoms with Gasteiger partial charge in [0.2, 0.25) is 5.91 Å². The number of ether oxygens (including phenoxy) is 1. The van der Waals surface area contributed by atoms with Crippen molar-refractivity contribution < 1.29 is 9.53 Å². The second-order valence-corrected chi connectivity index (χ2v) is 8.69. The monoisotopic (exact) mass is 485 g/mol. The molecule has 3 aromatic carbocycles. The van der Waals surface area contributed by atoms with E-state index in [0.29, 0.717) is 21.3 Å². The minimum atomic E-state index is -0.176. The molecular weight excluding hydrogens is 466 g/mol. The number of rotatable bonds is 7. The number of thioether (sulfide) groups is 1. The molecule has 34 heavy (non-hydrogen) atoms. The summed E-state index contributed by atoms with van der Waals surface area (Å²) in [7, 11) is 1.61. The van der Waals surface area contributed by atoms with E-state index in [4.69, 9.17) is 21.3 Å². The average Bonchev–Trinajstić information content (AvgIpc) is 2.88. The minimum Gasteiger partial charge on any atom is -0.497 e. The zero-order valence-corrected chi connectivity index (χ0v) is 19.9. The molecule has 4 aromatic rings. The number of halogens is 1. The Morgan fingerprint density at radius 2 is 1.71 bits per heavy atom. The molecule has 0 saturated carbocycles. The number of hydrogen-bond donors (Lipinski definition) is 1. The van der Waals surface area contributed by atoms with Crippen molar-refractivity contribution in [2.45, 2.75) is 5.03 Å². The van der Waals surface area contributed by atoms with Crippen molar-refractivity contribution in [3.8, 4) is 34.2 Å². The average molecular weight is 486 g/mol. The fraction of sp³-hybridized carbons (Fsp3) is 0.0741. The Labute approximate surface area is 207 Å². The Hall–Kier alpha value is -3.79. The molecule has 7 heteroatoms. The molecule has 5 nitrogen and oxygen atoms in total. The number of para-hydroxylation sites is 1. The van der Waals surface area contributed by atoms with Crippen molar-refractivity contribution in [1.82, 2.24) is 4.98 Å². The van der Waals surface area contributed by atoms with Crippen LogP contribution in [0.15, 0.2) is 90.0 Å². The smallest absolute Gasteiger partial charge is 0.234 e. The van der Waals surface area contributed by atoms with Gasteiger partial charge in [-0.1, -0.05) is 53.7 Å². The molecule has 4 rings (SSSR count). The quantitative estimate of drug-likeness (QED) is 0.295. The first-order valence-corrected chi connectivity index (χ1v) is 11.8. The summed E-state index contributed by atoms with van der Waals surface area (Å²) in [6.07, 6.45) is 0. The van der Waals surface area contributed by atoms with Crippen molar-refractivity contribution in [2.24, 2.45) is 0 Å². The zero-order valence-electron chi connectivity index (χ0n) is 18.3. The normalized spacial score (nSPS) is 10.4. The second kappa shape index (κ2) is 10.9. The topological polar surface area (TPSA) is 75.0 Å². The van der Waals surface area contributed by atoms with Crippen molar-refractivity contribution in [1.29, 1.82) is 5.26 Å². The van der Waals surface area contributed by atoms with Crippen LogP contribution in [-0.2, 0) is 4.79 Å². The SMILES string of the molecule is COc1ccc(-c2cc(-c3ccc(Cl)cc3)c(C#N)c(SCC(=O)Nc3ccccc3)n2)cc1. The van der Waals surface area contributed by atoms with Gasteiger partial charge in [-0.25, -0.2) is 4.98 Å². The summed E-state index contributed by atoms with van der Waals surface area (Å²) >= 11 is 7.30. The maximum absolute atomic E-state index is 12.5. The van der Waals surface area contributed by atoms with E-state index in [1.807, 2.05) is 72.8 Å². The lowest BCUT2D eigenvalue weighted by molar-refractivity contribution is -0.113. The molecule has 0 bridgehead atoms. The third kappa shape index (κ3) is 5.57. The Morgan fingerprint density at radius 3 is 2.35 bits per heavy atom. The molecule has 0 aliphatic carbocycles. The summed E-state index contributed by atoms with van der Waals surface area (Å²) in [4.78, 5) is 17.3. The number of amides is 1. The third-order valence-electron chi connectivity index (χ3n) is 5.04. The van der Waals surface area contributed by atoms with Gasteiger partial charge in [0.15, 0.2) is 0 Å². The minimum absolute atomic E-state index is 0.114. The van der Waals surface area contributed by atoms with E-state index in [1.165, 1.54) is 11.8 Å². The summed E-state index contributed by atoms with van der Waals surface area (Å²) < 4.78 is 5.26. The van der Waals surface area contributed by atoms with Gasteiger partial charge in [0, 0.05) is 21.8 Å². The molecule has 0 unspecified atom stereocenters. The molecule has 0 atom stereocenters. The summed E-state index contributed by atoms with van der Waals surface area (Å²) in [6, 6.07) is 28.3. The van der Waals surface area contributed by atoms with Gasteiger partial charge < -0.3 is 10.1 Å². The maximum atomic E-state index is 12.5. The van der Waals surface area contributed by atoms with Gasteiger partial charge in [-0.15, -0.1) is 0 Å². The van der Waals surface area contributed by atoms with Crippen LogP contribution in [0.3, 0.4) is 0 Å². The van der Waals surface area contributed by atoms with E-state index in [0.717, 1.165) is 28.1 Å². The van der Waals surface area contributed by atoms with E-state index in [9.17, 15) is 10.1 Å². The van der Waals surface area contributed by atoms with Crippen LogP contribution in [-0.4, -0.2) is 23.8 Å². The number of carbonyl (C=O) groups is 1. The molecule has 168 valence electrons. The van der Waals surface area contributed by atoms with Gasteiger partial charge in [-0.3, -0.25) is 4.79 Å². The zero-order chi connectivity index (χ0) is 23.9. The highest BCUT2D eigenvalue weighted by atomic mass is 35.5. The van der Waals surface area contributed by atoms with Crippen LogP contribution < -0.4 is 10.1 Å². The van der Waals surface area contributed by atoms with Gasteiger partial charge in [0.1, 0.15) is 16.8 Å². The standard InChI is InChI=1S/C27H20ClN3O2S/c1-33-22-13-9-19(10-14-22)25-15-23(18-7-11-20(28)12-8-18)24(16-29)27(31-25)34-17-26(32)30-21-5-3-2-4-6-21/h2-15H,17H2,1H3,(H,30,32). The fourth-order valence-electron chi connectivity index (χ4n) is 3.35. The van der Waals surface area contributed by atoms with Gasteiger partial charge in [0.05, 0.1) is 24.1 Å². The number of nitrogens with one attached hydrogen (secondary N) is 1. The van der Waals surface area contributed by atoms with Gasteiger partial charge in [-0.05, 0) is 60.2 Å². The molecule has 0 aliphatic rings. The number of methoxy groups -OCH3 is 1. The Morgan fingerprint density at radius 1 is 1.03 bits per heavy atom. The van der Waals surface area contributed by atoms with Crippen LogP contribution in [0.4, 0.5) is 5.69 Å². The first-order valence-electron chi connectivity index (χ1n) is 10.4. The van der Waals surface area contributed by atoms with Crippen molar-refractivity contribution in [3.05, 3.63) is 95.5 Å². The molecule has 0 fully saturated rings. The largest absolute Gasteiger partial charge is 0.497 e. The number of carbonyl (C=O) groups excluding carboxylic acids is 1. The lowest BCUT2D eigenvalue weighted by Crippen LogP contribution is -2.14. The molecule has 1 N–H and O–H groups in total. The number of benzene rings is 3. The Bertz CT molecular complexity index is 1340. The number of anilines is 1. The number of hydrogen-bond acceptors (Lipinski definition) is 5. The summed E-state index contributed by atoms with van der Waals surface area (Å²) in [5.41, 5.74) is 4.26. The van der Waals surface area contributed by atoms with Crippen molar-refractivity contribution in [2.75, 3.05) is 18.2 Å². The van der Waals surface area contributed by atoms with Crippen molar-refractivity contribution in [3.63, 3.8) is 0 Å². The van der Waals surface area contributed by atoms with Crippen LogP contribution >= 0.6 is 23.4 Å². The highest BCUT2D eigenvalue weighted by molar-refractivity contribution is 8.00. The van der Waals surface area contributed by atoms with Gasteiger partial charge >= 0.3 is 0 Å². The van der Waals surface area contributed by atoms with Crippen LogP contribution in [0.25, 0.3) is 22.4 Å². The van der Waals surface area contributed by atoms with E-state index < -0.39 is 0 Å². The Kier molecular flexibility index (Phi) is 7.48.